The molecule has 0 aromatic heterocycles. The van der Waals surface area contributed by atoms with Gasteiger partial charge in [-0.25, -0.2) is 0 Å². The molecular weight excluding hydrogens is 257 g/mol. The molecular formula is C9H9Cl2NO2S. The maximum absolute atomic E-state index is 11.1. The lowest BCUT2D eigenvalue weighted by Gasteiger charge is -2.18. The lowest BCUT2D eigenvalue weighted by atomic mass is 10.2. The molecule has 0 bridgehead atoms. The fourth-order valence-electron chi connectivity index (χ4n) is 1.10. The van der Waals surface area contributed by atoms with Crippen LogP contribution >= 0.6 is 35.8 Å². The Labute approximate surface area is 103 Å². The van der Waals surface area contributed by atoms with Crippen molar-refractivity contribution in [1.82, 2.24) is 0 Å². The van der Waals surface area contributed by atoms with E-state index in [-0.39, 0.29) is 0 Å². The smallest absolute Gasteiger partial charge is 0.282 e. The van der Waals surface area contributed by atoms with E-state index in [4.69, 9.17) is 27.9 Å². The van der Waals surface area contributed by atoms with E-state index < -0.39 is 5.24 Å². The van der Waals surface area contributed by atoms with E-state index >= 15 is 0 Å². The molecule has 0 aliphatic carbocycles. The van der Waals surface area contributed by atoms with Crippen LogP contribution in [0.1, 0.15) is 0 Å². The van der Waals surface area contributed by atoms with Gasteiger partial charge in [0.15, 0.2) is 5.75 Å². The van der Waals surface area contributed by atoms with Crippen LogP contribution in [0.25, 0.3) is 0 Å². The van der Waals surface area contributed by atoms with Crippen molar-refractivity contribution in [3.63, 3.8) is 0 Å². The number of ether oxygens (including phenoxy) is 1. The minimum Gasteiger partial charge on any atom is -0.493 e. The molecule has 0 saturated carbocycles. The van der Waals surface area contributed by atoms with Crippen LogP contribution in [0.5, 0.6) is 5.75 Å². The van der Waals surface area contributed by atoms with Gasteiger partial charge in [-0.1, -0.05) is 35.8 Å². The summed E-state index contributed by atoms with van der Waals surface area (Å²) in [6.07, 6.45) is 0. The number of benzene rings is 1. The van der Waals surface area contributed by atoms with Gasteiger partial charge in [-0.3, -0.25) is 4.79 Å². The number of thiol groups is 1. The van der Waals surface area contributed by atoms with Crippen molar-refractivity contribution in [2.75, 3.05) is 19.1 Å². The SMILES string of the molecule is COc1c(Cl)cc(Cl)cc1N(C)C(=O)S. The zero-order valence-corrected chi connectivity index (χ0v) is 10.5. The largest absolute Gasteiger partial charge is 0.493 e. The number of methoxy groups -OCH3 is 1. The maximum atomic E-state index is 11.1. The second kappa shape index (κ2) is 4.96. The Balaban J connectivity index is 3.32. The highest BCUT2D eigenvalue weighted by Gasteiger charge is 2.16. The van der Waals surface area contributed by atoms with E-state index in [0.717, 1.165) is 0 Å². The molecule has 15 heavy (non-hydrogen) atoms. The lowest BCUT2D eigenvalue weighted by Crippen LogP contribution is -2.20. The molecule has 0 radical (unpaired) electrons. The number of nitrogens with zero attached hydrogens (tertiary/aromatic N) is 1. The van der Waals surface area contributed by atoms with Crippen molar-refractivity contribution in [2.45, 2.75) is 0 Å². The summed E-state index contributed by atoms with van der Waals surface area (Å²) in [5.41, 5.74) is 0.481. The molecule has 1 aromatic carbocycles. The molecule has 1 aromatic rings. The summed E-state index contributed by atoms with van der Waals surface area (Å²) in [5, 5.41) is 0.352. The number of carbonyl (C=O) groups excluding carboxylic acids is 1. The van der Waals surface area contributed by atoms with Gasteiger partial charge >= 0.3 is 0 Å². The fraction of sp³-hybridized carbons (Fsp3) is 0.222. The number of anilines is 1. The van der Waals surface area contributed by atoms with Crippen LogP contribution in [-0.2, 0) is 0 Å². The van der Waals surface area contributed by atoms with Gasteiger partial charge in [-0.15, -0.1) is 0 Å². The molecule has 1 amide bonds. The van der Waals surface area contributed by atoms with E-state index in [9.17, 15) is 4.79 Å². The maximum Gasteiger partial charge on any atom is 0.282 e. The van der Waals surface area contributed by atoms with Crippen molar-refractivity contribution < 1.29 is 9.53 Å². The molecule has 0 aliphatic heterocycles. The molecule has 0 aliphatic rings. The summed E-state index contributed by atoms with van der Waals surface area (Å²) in [6, 6.07) is 3.13. The summed E-state index contributed by atoms with van der Waals surface area (Å²) in [4.78, 5) is 12.4. The average molecular weight is 266 g/mol. The minimum absolute atomic E-state index is 0.349. The molecule has 0 heterocycles. The van der Waals surface area contributed by atoms with Crippen LogP contribution in [0, 0.1) is 0 Å². The first-order valence-electron chi connectivity index (χ1n) is 3.97. The predicted octanol–water partition coefficient (Wildman–Crippen LogP) is 3.49. The molecule has 0 saturated heterocycles. The number of amides is 1. The van der Waals surface area contributed by atoms with E-state index in [2.05, 4.69) is 12.6 Å². The minimum atomic E-state index is -0.424. The highest BCUT2D eigenvalue weighted by atomic mass is 35.5. The van der Waals surface area contributed by atoms with E-state index in [1.807, 2.05) is 0 Å². The zero-order valence-electron chi connectivity index (χ0n) is 8.12. The Morgan fingerprint density at radius 2 is 2.07 bits per heavy atom. The van der Waals surface area contributed by atoms with Crippen molar-refractivity contribution in [3.8, 4) is 5.75 Å². The van der Waals surface area contributed by atoms with Crippen LogP contribution in [0.15, 0.2) is 12.1 Å². The molecule has 0 spiro atoms. The predicted molar refractivity (Wildman–Crippen MR) is 65.8 cm³/mol. The van der Waals surface area contributed by atoms with Crippen molar-refractivity contribution >= 4 is 46.8 Å². The first-order chi connectivity index (χ1) is 6.97. The Bertz CT molecular complexity index is 398. The van der Waals surface area contributed by atoms with E-state index in [1.165, 1.54) is 12.0 Å². The number of halogens is 2. The fourth-order valence-corrected chi connectivity index (χ4v) is 1.77. The number of carbonyl (C=O) groups is 1. The van der Waals surface area contributed by atoms with Crippen LogP contribution < -0.4 is 9.64 Å². The zero-order chi connectivity index (χ0) is 11.6. The lowest BCUT2D eigenvalue weighted by molar-refractivity contribution is 0.266. The summed E-state index contributed by atoms with van der Waals surface area (Å²) < 4.78 is 5.08. The molecule has 0 unspecified atom stereocenters. The Hall–Kier alpha value is -0.580. The summed E-state index contributed by atoms with van der Waals surface area (Å²) in [7, 11) is 3.02. The van der Waals surface area contributed by atoms with Gasteiger partial charge in [-0.2, -0.15) is 0 Å². The first kappa shape index (κ1) is 12.5. The van der Waals surface area contributed by atoms with Gasteiger partial charge in [0.05, 0.1) is 17.8 Å². The summed E-state index contributed by atoms with van der Waals surface area (Å²) in [6.45, 7) is 0. The van der Waals surface area contributed by atoms with Crippen molar-refractivity contribution in [3.05, 3.63) is 22.2 Å². The monoisotopic (exact) mass is 265 g/mol. The number of hydrogen-bond acceptors (Lipinski definition) is 2. The quantitative estimate of drug-likeness (QED) is 0.830. The van der Waals surface area contributed by atoms with Gasteiger partial charge in [0.25, 0.3) is 5.24 Å². The second-order valence-corrected chi connectivity index (χ2v) is 4.01. The van der Waals surface area contributed by atoms with Crippen LogP contribution in [0.4, 0.5) is 10.5 Å². The van der Waals surface area contributed by atoms with Gasteiger partial charge in [-0.05, 0) is 12.1 Å². The third-order valence-corrected chi connectivity index (χ3v) is 2.64. The molecule has 0 fully saturated rings. The molecule has 3 nitrogen and oxygen atoms in total. The number of hydrogen-bond donors (Lipinski definition) is 1. The Kier molecular flexibility index (Phi) is 4.13. The third kappa shape index (κ3) is 2.71. The second-order valence-electron chi connectivity index (χ2n) is 2.78. The van der Waals surface area contributed by atoms with Gasteiger partial charge < -0.3 is 9.64 Å². The highest BCUT2D eigenvalue weighted by Crippen LogP contribution is 2.38. The average Bonchev–Trinajstić information content (AvgIpc) is 2.15. The molecule has 0 N–H and O–H groups in total. The molecule has 1 rings (SSSR count). The molecule has 0 atom stereocenters. The highest BCUT2D eigenvalue weighted by molar-refractivity contribution is 7.96. The third-order valence-electron chi connectivity index (χ3n) is 1.84. The van der Waals surface area contributed by atoms with Gasteiger partial charge in [0.2, 0.25) is 0 Å². The van der Waals surface area contributed by atoms with Crippen molar-refractivity contribution in [1.29, 1.82) is 0 Å². The molecule has 6 heteroatoms. The summed E-state index contributed by atoms with van der Waals surface area (Å²) in [5.74, 6) is 0.394. The van der Waals surface area contributed by atoms with E-state index in [0.29, 0.717) is 21.5 Å². The van der Waals surface area contributed by atoms with Crippen LogP contribution in [0.2, 0.25) is 10.0 Å². The van der Waals surface area contributed by atoms with Gasteiger partial charge in [0.1, 0.15) is 0 Å². The summed E-state index contributed by atoms with van der Waals surface area (Å²) >= 11 is 15.4. The first-order valence-corrected chi connectivity index (χ1v) is 5.17. The van der Waals surface area contributed by atoms with Gasteiger partial charge in [0, 0.05) is 12.1 Å². The number of rotatable bonds is 2. The van der Waals surface area contributed by atoms with Crippen LogP contribution in [0.3, 0.4) is 0 Å². The van der Waals surface area contributed by atoms with Crippen molar-refractivity contribution in [2.24, 2.45) is 0 Å². The standard InChI is InChI=1S/C9H9Cl2NO2S/c1-12(9(13)15)7-4-5(10)3-6(11)8(7)14-2/h3-4H,1-2H3,(H,13,15). The Morgan fingerprint density at radius 3 is 2.53 bits per heavy atom. The van der Waals surface area contributed by atoms with E-state index in [1.54, 1.807) is 19.2 Å². The Morgan fingerprint density at radius 1 is 1.47 bits per heavy atom. The molecule has 82 valence electrons. The normalized spacial score (nSPS) is 9.93. The van der Waals surface area contributed by atoms with Crippen LogP contribution in [-0.4, -0.2) is 19.4 Å². The topological polar surface area (TPSA) is 29.5 Å².